The van der Waals surface area contributed by atoms with Gasteiger partial charge in [-0.25, -0.2) is 0 Å². The Balaban J connectivity index is 4.49. The van der Waals surface area contributed by atoms with Crippen molar-refractivity contribution >= 4 is 17.9 Å². The van der Waals surface area contributed by atoms with Crippen molar-refractivity contribution in [2.24, 2.45) is 0 Å². The van der Waals surface area contributed by atoms with Crippen LogP contribution in [0.3, 0.4) is 0 Å². The van der Waals surface area contributed by atoms with E-state index < -0.39 is 6.10 Å². The van der Waals surface area contributed by atoms with Gasteiger partial charge in [0.2, 0.25) is 0 Å². The average Bonchev–Trinajstić information content (AvgIpc) is 3.30. The molecule has 6 heteroatoms. The van der Waals surface area contributed by atoms with Gasteiger partial charge in [0.25, 0.3) is 0 Å². The van der Waals surface area contributed by atoms with Crippen molar-refractivity contribution in [1.82, 2.24) is 0 Å². The SMILES string of the molecule is CC/C=C\C/C=C\C/C=C\C/C=C\C/C=C\C/C=C\CCC(=O)OCC(COC(=O)CCCCCCC/C=C\C/C=C\CC)OC(=O)CCCCCCCCCCCCCCCCCC. The Morgan fingerprint density at radius 1 is 0.323 bits per heavy atom. The largest absolute Gasteiger partial charge is 0.462 e. The van der Waals surface area contributed by atoms with Crippen molar-refractivity contribution in [3.05, 3.63) is 97.2 Å². The molecule has 0 N–H and O–H groups in total. The normalized spacial score (nSPS) is 12.8. The number of hydrogen-bond donors (Lipinski definition) is 0. The number of carbonyl (C=O) groups is 3. The van der Waals surface area contributed by atoms with Crippen LogP contribution in [-0.2, 0) is 28.6 Å². The zero-order valence-electron chi connectivity index (χ0n) is 42.2. The van der Waals surface area contributed by atoms with Crippen molar-refractivity contribution in [2.75, 3.05) is 13.2 Å². The van der Waals surface area contributed by atoms with Gasteiger partial charge in [-0.1, -0.05) is 234 Å². The van der Waals surface area contributed by atoms with Crippen LogP contribution in [0.5, 0.6) is 0 Å². The van der Waals surface area contributed by atoms with Crippen LogP contribution in [0, 0.1) is 0 Å². The van der Waals surface area contributed by atoms with Gasteiger partial charge in [-0.05, 0) is 83.5 Å². The second-order valence-electron chi connectivity index (χ2n) is 17.4. The highest BCUT2D eigenvalue weighted by Gasteiger charge is 2.19. The monoisotopic (exact) mass is 903 g/mol. The van der Waals surface area contributed by atoms with E-state index in [1.54, 1.807) is 0 Å². The van der Waals surface area contributed by atoms with Crippen LogP contribution < -0.4 is 0 Å². The minimum absolute atomic E-state index is 0.107. The molecule has 0 fully saturated rings. The first-order valence-corrected chi connectivity index (χ1v) is 26.7. The van der Waals surface area contributed by atoms with Crippen LogP contribution in [-0.4, -0.2) is 37.2 Å². The third-order valence-electron chi connectivity index (χ3n) is 11.1. The van der Waals surface area contributed by atoms with Crippen molar-refractivity contribution in [3.63, 3.8) is 0 Å². The number of rotatable bonds is 47. The van der Waals surface area contributed by atoms with E-state index in [1.165, 1.54) is 83.5 Å². The van der Waals surface area contributed by atoms with Gasteiger partial charge in [0.1, 0.15) is 13.2 Å². The average molecular weight is 903 g/mol. The molecule has 370 valence electrons. The third kappa shape index (κ3) is 51.2. The highest BCUT2D eigenvalue weighted by atomic mass is 16.6. The van der Waals surface area contributed by atoms with Crippen LogP contribution in [0.2, 0.25) is 0 Å². The van der Waals surface area contributed by atoms with Gasteiger partial charge in [0.15, 0.2) is 6.10 Å². The fourth-order valence-electron chi connectivity index (χ4n) is 7.15. The summed E-state index contributed by atoms with van der Waals surface area (Å²) in [6, 6.07) is 0. The molecule has 0 aromatic carbocycles. The molecule has 1 atom stereocenters. The van der Waals surface area contributed by atoms with Gasteiger partial charge in [0.05, 0.1) is 0 Å². The van der Waals surface area contributed by atoms with E-state index in [0.717, 1.165) is 109 Å². The maximum atomic E-state index is 12.8. The van der Waals surface area contributed by atoms with Gasteiger partial charge < -0.3 is 14.2 Å². The lowest BCUT2D eigenvalue weighted by molar-refractivity contribution is -0.166. The van der Waals surface area contributed by atoms with E-state index in [4.69, 9.17) is 14.2 Å². The lowest BCUT2D eigenvalue weighted by Gasteiger charge is -2.18. The van der Waals surface area contributed by atoms with Crippen LogP contribution >= 0.6 is 0 Å². The quantitative estimate of drug-likeness (QED) is 0.0262. The van der Waals surface area contributed by atoms with Gasteiger partial charge in [-0.3, -0.25) is 14.4 Å². The predicted octanol–water partition coefficient (Wildman–Crippen LogP) is 17.8. The molecule has 0 amide bonds. The van der Waals surface area contributed by atoms with Crippen molar-refractivity contribution < 1.29 is 28.6 Å². The highest BCUT2D eigenvalue weighted by molar-refractivity contribution is 5.71. The van der Waals surface area contributed by atoms with Crippen LogP contribution in [0.1, 0.15) is 239 Å². The Hall–Kier alpha value is -3.67. The van der Waals surface area contributed by atoms with E-state index >= 15 is 0 Å². The van der Waals surface area contributed by atoms with E-state index in [1.807, 2.05) is 6.08 Å². The maximum Gasteiger partial charge on any atom is 0.306 e. The molecule has 0 saturated carbocycles. The Bertz CT molecular complexity index is 1310. The molecule has 6 nitrogen and oxygen atoms in total. The molecule has 1 unspecified atom stereocenters. The number of esters is 3. The number of hydrogen-bond acceptors (Lipinski definition) is 6. The molecule has 0 aromatic heterocycles. The molecule has 0 aromatic rings. The molecule has 0 radical (unpaired) electrons. The zero-order chi connectivity index (χ0) is 47.2. The highest BCUT2D eigenvalue weighted by Crippen LogP contribution is 2.15. The summed E-state index contributed by atoms with van der Waals surface area (Å²) >= 11 is 0. The molecular formula is C59H98O6. The molecule has 0 spiro atoms. The number of allylic oxidation sites excluding steroid dienone is 16. The second-order valence-corrected chi connectivity index (χ2v) is 17.4. The van der Waals surface area contributed by atoms with Crippen molar-refractivity contribution in [3.8, 4) is 0 Å². The van der Waals surface area contributed by atoms with Crippen molar-refractivity contribution in [2.45, 2.75) is 245 Å². The van der Waals surface area contributed by atoms with E-state index in [9.17, 15) is 14.4 Å². The Labute approximate surface area is 400 Å². The first-order valence-electron chi connectivity index (χ1n) is 26.7. The Morgan fingerprint density at radius 3 is 1.03 bits per heavy atom. The predicted molar refractivity (Wildman–Crippen MR) is 279 cm³/mol. The minimum Gasteiger partial charge on any atom is -0.462 e. The molecule has 0 rings (SSSR count). The molecule has 0 aliphatic carbocycles. The topological polar surface area (TPSA) is 78.9 Å². The van der Waals surface area contributed by atoms with Gasteiger partial charge in [0, 0.05) is 19.3 Å². The molecule has 0 saturated heterocycles. The molecule has 65 heavy (non-hydrogen) atoms. The molecular weight excluding hydrogens is 805 g/mol. The van der Waals surface area contributed by atoms with Crippen molar-refractivity contribution in [1.29, 1.82) is 0 Å². The van der Waals surface area contributed by atoms with Gasteiger partial charge in [-0.2, -0.15) is 0 Å². The zero-order valence-corrected chi connectivity index (χ0v) is 42.2. The standard InChI is InChI=1S/C59H98O6/c1-4-7-10-13-16-19-22-25-27-29-30-31-33-34-37-40-43-46-49-52-58(61)64-55-56(54-63-57(60)51-48-45-42-39-36-24-21-18-15-12-9-6-3)65-59(62)53-50-47-44-41-38-35-32-28-26-23-20-17-14-11-8-5-2/h7,9-10,12,16,18-19,21,25,27,30-31,34,37,43,46,56H,4-6,8,11,13-15,17,20,22-24,26,28-29,32-33,35-36,38-42,44-45,47-55H2,1-3H3/b10-7-,12-9-,19-16-,21-18-,27-25-,31-30-,37-34-,46-43-. The summed E-state index contributed by atoms with van der Waals surface area (Å²) < 4.78 is 16.7. The lowest BCUT2D eigenvalue weighted by Crippen LogP contribution is -2.30. The first kappa shape index (κ1) is 61.3. The van der Waals surface area contributed by atoms with Crippen LogP contribution in [0.4, 0.5) is 0 Å². The fraction of sp³-hybridized carbons (Fsp3) is 0.678. The number of unbranched alkanes of at least 4 members (excludes halogenated alkanes) is 20. The van der Waals surface area contributed by atoms with E-state index in [0.29, 0.717) is 19.3 Å². The number of ether oxygens (including phenoxy) is 3. The van der Waals surface area contributed by atoms with E-state index in [2.05, 4.69) is 112 Å². The lowest BCUT2D eigenvalue weighted by atomic mass is 10.0. The third-order valence-corrected chi connectivity index (χ3v) is 11.1. The first-order chi connectivity index (χ1) is 32.0. The van der Waals surface area contributed by atoms with Gasteiger partial charge in [-0.15, -0.1) is 0 Å². The summed E-state index contributed by atoms with van der Waals surface area (Å²) in [4.78, 5) is 38.0. The Kier molecular flexibility index (Phi) is 50.0. The molecule has 0 heterocycles. The summed E-state index contributed by atoms with van der Waals surface area (Å²) in [5.41, 5.74) is 0. The minimum atomic E-state index is -0.812. The maximum absolute atomic E-state index is 12.8. The van der Waals surface area contributed by atoms with E-state index in [-0.39, 0.29) is 37.5 Å². The van der Waals surface area contributed by atoms with Crippen LogP contribution in [0.15, 0.2) is 97.2 Å². The fourth-order valence-corrected chi connectivity index (χ4v) is 7.15. The Morgan fingerprint density at radius 2 is 0.631 bits per heavy atom. The summed E-state index contributed by atoms with van der Waals surface area (Å²) in [6.45, 7) is 6.34. The second kappa shape index (κ2) is 52.9. The number of carbonyl (C=O) groups excluding carboxylic acids is 3. The molecule has 0 bridgehead atoms. The molecule has 0 aliphatic rings. The van der Waals surface area contributed by atoms with Crippen LogP contribution in [0.25, 0.3) is 0 Å². The smallest absolute Gasteiger partial charge is 0.306 e. The van der Waals surface area contributed by atoms with Gasteiger partial charge >= 0.3 is 17.9 Å². The summed E-state index contributed by atoms with van der Waals surface area (Å²) in [5, 5.41) is 0. The molecule has 0 aliphatic heterocycles. The summed E-state index contributed by atoms with van der Waals surface area (Å²) in [7, 11) is 0. The summed E-state index contributed by atoms with van der Waals surface area (Å²) in [5.74, 6) is -1.01. The summed E-state index contributed by atoms with van der Waals surface area (Å²) in [6.07, 6.45) is 69.8.